The Bertz CT molecular complexity index is 875. The number of hydrogen-bond donors (Lipinski definition) is 3. The molecule has 0 aliphatic rings. The number of hydrogen-bond acceptors (Lipinski definition) is 4. The Morgan fingerprint density at radius 1 is 0.966 bits per heavy atom. The van der Waals surface area contributed by atoms with Crippen molar-refractivity contribution in [3.8, 4) is 11.5 Å². The van der Waals surface area contributed by atoms with Crippen LogP contribution in [0.25, 0.3) is 0 Å². The molecule has 2 aromatic carbocycles. The van der Waals surface area contributed by atoms with Crippen molar-refractivity contribution in [3.05, 3.63) is 57.6 Å². The average molecular weight is 439 g/mol. The van der Waals surface area contributed by atoms with Crippen molar-refractivity contribution in [3.63, 3.8) is 0 Å². The average Bonchev–Trinajstić information content (AvgIpc) is 2.74. The molecular formula is C20H24Cl2N4O3. The molecular weight excluding hydrogens is 415 g/mol. The summed E-state index contributed by atoms with van der Waals surface area (Å²) in [5.41, 5.74) is 1.41. The largest absolute Gasteiger partial charge is 0.497 e. The minimum absolute atomic E-state index is 0.226. The smallest absolute Gasteiger partial charge is 0.251 e. The first kappa shape index (κ1) is 22.6. The lowest BCUT2D eigenvalue weighted by atomic mass is 10.2. The van der Waals surface area contributed by atoms with Crippen LogP contribution in [0.2, 0.25) is 10.0 Å². The molecule has 0 atom stereocenters. The van der Waals surface area contributed by atoms with Crippen molar-refractivity contribution < 1.29 is 14.3 Å². The summed E-state index contributed by atoms with van der Waals surface area (Å²) in [6.07, 6.45) is 0. The van der Waals surface area contributed by atoms with Gasteiger partial charge in [0.05, 0.1) is 24.3 Å². The highest BCUT2D eigenvalue weighted by atomic mass is 35.5. The molecule has 0 saturated carbocycles. The predicted octanol–water partition coefficient (Wildman–Crippen LogP) is 3.11. The fourth-order valence-corrected chi connectivity index (χ4v) is 2.79. The van der Waals surface area contributed by atoms with Crippen molar-refractivity contribution >= 4 is 35.1 Å². The van der Waals surface area contributed by atoms with Gasteiger partial charge < -0.3 is 25.4 Å². The van der Waals surface area contributed by atoms with Crippen LogP contribution >= 0.6 is 23.2 Å². The zero-order chi connectivity index (χ0) is 21.2. The third-order valence-corrected chi connectivity index (χ3v) is 4.79. The molecule has 7 nitrogen and oxygen atoms in total. The Morgan fingerprint density at radius 2 is 1.72 bits per heavy atom. The summed E-state index contributed by atoms with van der Waals surface area (Å²) in [4.78, 5) is 16.3. The Morgan fingerprint density at radius 3 is 2.38 bits per heavy atom. The van der Waals surface area contributed by atoms with E-state index < -0.39 is 0 Å². The van der Waals surface area contributed by atoms with E-state index in [-0.39, 0.29) is 5.91 Å². The van der Waals surface area contributed by atoms with Crippen LogP contribution in [0.5, 0.6) is 11.5 Å². The first-order valence-corrected chi connectivity index (χ1v) is 9.62. The van der Waals surface area contributed by atoms with Gasteiger partial charge in [0.15, 0.2) is 5.96 Å². The molecule has 0 aliphatic heterocycles. The molecule has 3 N–H and O–H groups in total. The summed E-state index contributed by atoms with van der Waals surface area (Å²) < 4.78 is 10.6. The van der Waals surface area contributed by atoms with Gasteiger partial charge in [-0.25, -0.2) is 0 Å². The number of methoxy groups -OCH3 is 2. The van der Waals surface area contributed by atoms with Gasteiger partial charge in [-0.3, -0.25) is 9.79 Å². The van der Waals surface area contributed by atoms with E-state index >= 15 is 0 Å². The second-order valence-electron chi connectivity index (χ2n) is 5.92. The van der Waals surface area contributed by atoms with Crippen LogP contribution in [-0.4, -0.2) is 46.2 Å². The SMILES string of the molecule is CN=C(NCCNC(=O)c1ccc(Cl)c(Cl)c1)NCc1ccc(OC)cc1OC. The zero-order valence-corrected chi connectivity index (χ0v) is 18.0. The monoisotopic (exact) mass is 438 g/mol. The molecule has 29 heavy (non-hydrogen) atoms. The highest BCUT2D eigenvalue weighted by molar-refractivity contribution is 6.42. The Kier molecular flexibility index (Phi) is 8.89. The third-order valence-electron chi connectivity index (χ3n) is 4.05. The number of nitrogens with one attached hydrogen (secondary N) is 3. The van der Waals surface area contributed by atoms with Crippen LogP contribution in [0.4, 0.5) is 0 Å². The van der Waals surface area contributed by atoms with Crippen LogP contribution in [0.15, 0.2) is 41.4 Å². The molecule has 0 unspecified atom stereocenters. The first-order valence-electron chi connectivity index (χ1n) is 8.87. The van der Waals surface area contributed by atoms with E-state index in [2.05, 4.69) is 20.9 Å². The molecule has 2 rings (SSSR count). The van der Waals surface area contributed by atoms with E-state index in [1.165, 1.54) is 6.07 Å². The molecule has 2 aromatic rings. The van der Waals surface area contributed by atoms with E-state index in [1.54, 1.807) is 33.4 Å². The standard InChI is InChI=1S/C20H24Cl2N4O3/c1-23-20(26-12-14-4-6-15(28-2)11-18(14)29-3)25-9-8-24-19(27)13-5-7-16(21)17(22)10-13/h4-7,10-11H,8-9,12H2,1-3H3,(H,24,27)(H2,23,25,26). The molecule has 0 aliphatic carbocycles. The zero-order valence-electron chi connectivity index (χ0n) is 16.5. The summed E-state index contributed by atoms with van der Waals surface area (Å²) in [6.45, 7) is 1.42. The first-order chi connectivity index (χ1) is 14.0. The van der Waals surface area contributed by atoms with Gasteiger partial charge >= 0.3 is 0 Å². The number of rotatable bonds is 8. The molecule has 0 heterocycles. The fraction of sp³-hybridized carbons (Fsp3) is 0.300. The number of guanidine groups is 1. The molecule has 1 amide bonds. The molecule has 0 spiro atoms. The predicted molar refractivity (Wildman–Crippen MR) is 117 cm³/mol. The number of halogens is 2. The van der Waals surface area contributed by atoms with Crippen molar-refractivity contribution in [2.75, 3.05) is 34.4 Å². The highest BCUT2D eigenvalue weighted by Gasteiger charge is 2.08. The molecule has 9 heteroatoms. The lowest BCUT2D eigenvalue weighted by Crippen LogP contribution is -2.41. The van der Waals surface area contributed by atoms with E-state index in [4.69, 9.17) is 32.7 Å². The van der Waals surface area contributed by atoms with Gasteiger partial charge in [-0.2, -0.15) is 0 Å². The van der Waals surface area contributed by atoms with Crippen molar-refractivity contribution in [1.82, 2.24) is 16.0 Å². The Balaban J connectivity index is 1.79. The number of aliphatic imine (C=N–C) groups is 1. The molecule has 156 valence electrons. The molecule has 0 bridgehead atoms. The van der Waals surface area contributed by atoms with Crippen LogP contribution < -0.4 is 25.4 Å². The minimum Gasteiger partial charge on any atom is -0.497 e. The van der Waals surface area contributed by atoms with Crippen molar-refractivity contribution in [2.45, 2.75) is 6.54 Å². The van der Waals surface area contributed by atoms with E-state index in [1.807, 2.05) is 18.2 Å². The third kappa shape index (κ3) is 6.73. The topological polar surface area (TPSA) is 84.0 Å². The second-order valence-corrected chi connectivity index (χ2v) is 6.73. The summed E-state index contributed by atoms with van der Waals surface area (Å²) >= 11 is 11.8. The number of carbonyl (C=O) groups excluding carboxylic acids is 1. The van der Waals surface area contributed by atoms with Gasteiger partial charge in [0, 0.05) is 43.9 Å². The molecule has 0 fully saturated rings. The maximum absolute atomic E-state index is 12.1. The molecule has 0 aromatic heterocycles. The molecule has 0 saturated heterocycles. The van der Waals surface area contributed by atoms with Gasteiger partial charge in [-0.15, -0.1) is 0 Å². The summed E-state index contributed by atoms with van der Waals surface area (Å²) in [5.74, 6) is 1.83. The lowest BCUT2D eigenvalue weighted by Gasteiger charge is -2.14. The van der Waals surface area contributed by atoms with Crippen LogP contribution in [0.1, 0.15) is 15.9 Å². The van der Waals surface area contributed by atoms with Gasteiger partial charge in [0.25, 0.3) is 5.91 Å². The van der Waals surface area contributed by atoms with Gasteiger partial charge in [-0.05, 0) is 30.3 Å². The van der Waals surface area contributed by atoms with Crippen LogP contribution in [0.3, 0.4) is 0 Å². The maximum Gasteiger partial charge on any atom is 0.251 e. The summed E-state index contributed by atoms with van der Waals surface area (Å²) in [6, 6.07) is 10.4. The Labute approximate surface area is 180 Å². The van der Waals surface area contributed by atoms with Crippen molar-refractivity contribution in [2.24, 2.45) is 4.99 Å². The number of ether oxygens (including phenoxy) is 2. The maximum atomic E-state index is 12.1. The van der Waals surface area contributed by atoms with E-state index in [9.17, 15) is 4.79 Å². The quantitative estimate of drug-likeness (QED) is 0.335. The van der Waals surface area contributed by atoms with Crippen LogP contribution in [-0.2, 0) is 6.54 Å². The second kappa shape index (κ2) is 11.4. The fourth-order valence-electron chi connectivity index (χ4n) is 2.49. The molecule has 0 radical (unpaired) electrons. The van der Waals surface area contributed by atoms with Crippen LogP contribution in [0, 0.1) is 0 Å². The lowest BCUT2D eigenvalue weighted by molar-refractivity contribution is 0.0954. The normalized spacial score (nSPS) is 11.0. The number of nitrogens with zero attached hydrogens (tertiary/aromatic N) is 1. The summed E-state index contributed by atoms with van der Waals surface area (Å²) in [7, 11) is 4.90. The van der Waals surface area contributed by atoms with Gasteiger partial charge in [-0.1, -0.05) is 23.2 Å². The number of amides is 1. The van der Waals surface area contributed by atoms with E-state index in [0.717, 1.165) is 17.1 Å². The minimum atomic E-state index is -0.226. The van der Waals surface area contributed by atoms with E-state index in [0.29, 0.717) is 41.2 Å². The number of carbonyl (C=O) groups is 1. The summed E-state index contributed by atoms with van der Waals surface area (Å²) in [5, 5.41) is 9.91. The number of benzene rings is 2. The highest BCUT2D eigenvalue weighted by Crippen LogP contribution is 2.24. The van der Waals surface area contributed by atoms with Gasteiger partial charge in [0.1, 0.15) is 11.5 Å². The Hall–Kier alpha value is -2.64. The van der Waals surface area contributed by atoms with Gasteiger partial charge in [0.2, 0.25) is 0 Å². The van der Waals surface area contributed by atoms with Crippen molar-refractivity contribution in [1.29, 1.82) is 0 Å².